The van der Waals surface area contributed by atoms with Crippen LogP contribution in [0.3, 0.4) is 0 Å². The molecule has 2 heterocycles. The number of aryl methyl sites for hydroxylation is 2. The lowest BCUT2D eigenvalue weighted by Gasteiger charge is -2.00. The number of esters is 1. The molecule has 0 aliphatic heterocycles. The Morgan fingerprint density at radius 1 is 1.24 bits per heavy atom. The van der Waals surface area contributed by atoms with E-state index >= 15 is 0 Å². The van der Waals surface area contributed by atoms with Crippen molar-refractivity contribution >= 4 is 49.8 Å². The normalized spacial score (nSPS) is 10.9. The molecule has 0 spiro atoms. The molecule has 0 bridgehead atoms. The van der Waals surface area contributed by atoms with E-state index in [1.807, 2.05) is 0 Å². The van der Waals surface area contributed by atoms with E-state index in [1.54, 1.807) is 32.9 Å². The van der Waals surface area contributed by atoms with Gasteiger partial charge in [0.1, 0.15) is 10.7 Å². The number of hydrogen-bond donors (Lipinski definition) is 1. The summed E-state index contributed by atoms with van der Waals surface area (Å²) in [5, 5.41) is 3.45. The van der Waals surface area contributed by atoms with Crippen molar-refractivity contribution < 1.29 is 18.7 Å². The second-order valence-corrected chi connectivity index (χ2v) is 7.33. The van der Waals surface area contributed by atoms with Crippen molar-refractivity contribution in [3.05, 3.63) is 45.0 Å². The molecule has 0 aliphatic rings. The standard InChI is InChI=1S/C17H15FN2O3S2/c1-4-23-16(22)14-9(3)19-17(25-14)20-15(21)13-8(2)12-10(18)6-5-7-11(12)24-13/h5-7H,4H2,1-3H3,(H,19,20,21). The van der Waals surface area contributed by atoms with Crippen LogP contribution in [0.1, 0.15) is 37.5 Å². The van der Waals surface area contributed by atoms with Crippen LogP contribution < -0.4 is 5.32 Å². The van der Waals surface area contributed by atoms with Crippen LogP contribution in [-0.4, -0.2) is 23.5 Å². The molecule has 25 heavy (non-hydrogen) atoms. The fourth-order valence-electron chi connectivity index (χ4n) is 2.46. The summed E-state index contributed by atoms with van der Waals surface area (Å²) in [5.41, 5.74) is 1.09. The van der Waals surface area contributed by atoms with Gasteiger partial charge in [0.15, 0.2) is 5.13 Å². The first-order valence-corrected chi connectivity index (χ1v) is 9.19. The van der Waals surface area contributed by atoms with Crippen LogP contribution in [-0.2, 0) is 4.74 Å². The number of amides is 1. The number of nitrogens with one attached hydrogen (secondary N) is 1. The minimum absolute atomic E-state index is 0.268. The Bertz CT molecular complexity index is 978. The van der Waals surface area contributed by atoms with Crippen LogP contribution in [0.5, 0.6) is 0 Å². The molecule has 0 unspecified atom stereocenters. The highest BCUT2D eigenvalue weighted by atomic mass is 32.1. The summed E-state index contributed by atoms with van der Waals surface area (Å²) < 4.78 is 19.7. The molecule has 5 nitrogen and oxygen atoms in total. The molecule has 0 saturated heterocycles. The van der Waals surface area contributed by atoms with Gasteiger partial charge in [-0.2, -0.15) is 0 Å². The number of thiophene rings is 1. The first kappa shape index (κ1) is 17.5. The summed E-state index contributed by atoms with van der Waals surface area (Å²) in [4.78, 5) is 29.4. The van der Waals surface area contributed by atoms with E-state index in [-0.39, 0.29) is 18.3 Å². The zero-order valence-electron chi connectivity index (χ0n) is 13.8. The highest BCUT2D eigenvalue weighted by Crippen LogP contribution is 2.33. The fourth-order valence-corrected chi connectivity index (χ4v) is 4.43. The smallest absolute Gasteiger partial charge is 0.350 e. The number of aromatic nitrogens is 1. The highest BCUT2D eigenvalue weighted by Gasteiger charge is 2.21. The first-order valence-electron chi connectivity index (χ1n) is 7.55. The van der Waals surface area contributed by atoms with Crippen LogP contribution >= 0.6 is 22.7 Å². The van der Waals surface area contributed by atoms with Crippen molar-refractivity contribution in [2.45, 2.75) is 20.8 Å². The number of fused-ring (bicyclic) bond motifs is 1. The van der Waals surface area contributed by atoms with Crippen molar-refractivity contribution in [3.8, 4) is 0 Å². The summed E-state index contributed by atoms with van der Waals surface area (Å²) in [5.74, 6) is -1.18. The lowest BCUT2D eigenvalue weighted by molar-refractivity contribution is 0.0531. The molecule has 0 radical (unpaired) electrons. The Morgan fingerprint density at radius 3 is 2.68 bits per heavy atom. The van der Waals surface area contributed by atoms with E-state index in [2.05, 4.69) is 10.3 Å². The summed E-state index contributed by atoms with van der Waals surface area (Å²) in [6, 6.07) is 4.77. The van der Waals surface area contributed by atoms with Crippen molar-refractivity contribution in [2.24, 2.45) is 0 Å². The summed E-state index contributed by atoms with van der Waals surface area (Å²) >= 11 is 2.28. The molecular weight excluding hydrogens is 363 g/mol. The number of rotatable bonds is 4. The largest absolute Gasteiger partial charge is 0.462 e. The molecule has 0 aliphatic carbocycles. The molecule has 130 valence electrons. The van der Waals surface area contributed by atoms with Gasteiger partial charge in [0.25, 0.3) is 5.91 Å². The molecule has 0 atom stereocenters. The number of anilines is 1. The second-order valence-electron chi connectivity index (χ2n) is 5.28. The molecular formula is C17H15FN2O3S2. The third kappa shape index (κ3) is 3.27. The lowest BCUT2D eigenvalue weighted by Crippen LogP contribution is -2.11. The van der Waals surface area contributed by atoms with Crippen LogP contribution in [0.4, 0.5) is 9.52 Å². The van der Waals surface area contributed by atoms with Gasteiger partial charge in [0.2, 0.25) is 0 Å². The van der Waals surface area contributed by atoms with E-state index in [1.165, 1.54) is 17.4 Å². The Kier molecular flexibility index (Phi) is 4.82. The Balaban J connectivity index is 1.88. The highest BCUT2D eigenvalue weighted by molar-refractivity contribution is 7.21. The maximum absolute atomic E-state index is 14.0. The number of thiazole rings is 1. The van der Waals surface area contributed by atoms with Crippen LogP contribution in [0, 0.1) is 19.7 Å². The van der Waals surface area contributed by atoms with E-state index in [0.29, 0.717) is 36.2 Å². The number of halogens is 1. The quantitative estimate of drug-likeness (QED) is 0.677. The minimum atomic E-state index is -0.460. The van der Waals surface area contributed by atoms with Crippen LogP contribution in [0.25, 0.3) is 10.1 Å². The number of hydrogen-bond acceptors (Lipinski definition) is 6. The van der Waals surface area contributed by atoms with Gasteiger partial charge in [-0.3, -0.25) is 10.1 Å². The average Bonchev–Trinajstić information content (AvgIpc) is 3.09. The van der Waals surface area contributed by atoms with Gasteiger partial charge in [0, 0.05) is 10.1 Å². The third-order valence-electron chi connectivity index (χ3n) is 3.59. The lowest BCUT2D eigenvalue weighted by atomic mass is 10.1. The summed E-state index contributed by atoms with van der Waals surface area (Å²) in [6.45, 7) is 5.39. The van der Waals surface area contributed by atoms with Crippen molar-refractivity contribution in [3.63, 3.8) is 0 Å². The predicted octanol–water partition coefficient (Wildman–Crippen LogP) is 4.54. The van der Waals surface area contributed by atoms with Gasteiger partial charge in [-0.25, -0.2) is 14.2 Å². The van der Waals surface area contributed by atoms with Gasteiger partial charge in [0.05, 0.1) is 17.2 Å². The number of benzene rings is 1. The molecule has 1 N–H and O–H groups in total. The Hall–Kier alpha value is -2.32. The van der Waals surface area contributed by atoms with Gasteiger partial charge in [-0.15, -0.1) is 11.3 Å². The molecule has 3 rings (SSSR count). The molecule has 0 fully saturated rings. The zero-order valence-corrected chi connectivity index (χ0v) is 15.4. The van der Waals surface area contributed by atoms with Crippen molar-refractivity contribution in [1.29, 1.82) is 0 Å². The maximum atomic E-state index is 14.0. The first-order chi connectivity index (χ1) is 11.9. The number of carbonyl (C=O) groups excluding carboxylic acids is 2. The predicted molar refractivity (Wildman–Crippen MR) is 97.3 cm³/mol. The maximum Gasteiger partial charge on any atom is 0.350 e. The molecule has 8 heteroatoms. The number of carbonyl (C=O) groups is 2. The van der Waals surface area contributed by atoms with E-state index in [9.17, 15) is 14.0 Å². The number of ether oxygens (including phenoxy) is 1. The Morgan fingerprint density at radius 2 is 2.00 bits per heavy atom. The van der Waals surface area contributed by atoms with Crippen molar-refractivity contribution in [1.82, 2.24) is 4.98 Å². The summed E-state index contributed by atoms with van der Waals surface area (Å²) in [7, 11) is 0. The van der Waals surface area contributed by atoms with Gasteiger partial charge in [-0.05, 0) is 38.5 Å². The van der Waals surface area contributed by atoms with Crippen LogP contribution in [0.2, 0.25) is 0 Å². The fraction of sp³-hybridized carbons (Fsp3) is 0.235. The molecule has 3 aromatic rings. The molecule has 1 aromatic carbocycles. The SMILES string of the molecule is CCOC(=O)c1sc(NC(=O)c2sc3cccc(F)c3c2C)nc1C. The monoisotopic (exact) mass is 378 g/mol. The van der Waals surface area contributed by atoms with Crippen LogP contribution in [0.15, 0.2) is 18.2 Å². The van der Waals surface area contributed by atoms with Crippen molar-refractivity contribution in [2.75, 3.05) is 11.9 Å². The second kappa shape index (κ2) is 6.89. The van der Waals surface area contributed by atoms with Gasteiger partial charge < -0.3 is 4.74 Å². The minimum Gasteiger partial charge on any atom is -0.462 e. The van der Waals surface area contributed by atoms with Gasteiger partial charge >= 0.3 is 5.97 Å². The van der Waals surface area contributed by atoms with E-state index < -0.39 is 5.97 Å². The molecule has 2 aromatic heterocycles. The third-order valence-corrected chi connectivity index (χ3v) is 5.90. The topological polar surface area (TPSA) is 68.3 Å². The molecule has 1 amide bonds. The van der Waals surface area contributed by atoms with E-state index in [4.69, 9.17) is 4.74 Å². The molecule has 0 saturated carbocycles. The number of nitrogens with zero attached hydrogens (tertiary/aromatic N) is 1. The Labute approximate surface area is 151 Å². The zero-order chi connectivity index (χ0) is 18.1. The average molecular weight is 378 g/mol. The van der Waals surface area contributed by atoms with E-state index in [0.717, 1.165) is 11.3 Å². The van der Waals surface area contributed by atoms with Gasteiger partial charge in [-0.1, -0.05) is 17.4 Å². The summed E-state index contributed by atoms with van der Waals surface area (Å²) in [6.07, 6.45) is 0.